The van der Waals surface area contributed by atoms with Gasteiger partial charge in [-0.1, -0.05) is 46.3 Å². The molecule has 0 fully saturated rings. The first kappa shape index (κ1) is 15.7. The summed E-state index contributed by atoms with van der Waals surface area (Å²) in [5.74, 6) is 0. The number of benzene rings is 2. The van der Waals surface area contributed by atoms with Gasteiger partial charge < -0.3 is 5.32 Å². The van der Waals surface area contributed by atoms with Gasteiger partial charge in [0.05, 0.1) is 4.92 Å². The molecule has 1 atom stereocenters. The fourth-order valence-electron chi connectivity index (χ4n) is 2.15. The summed E-state index contributed by atoms with van der Waals surface area (Å²) in [6, 6.07) is 15.1. The Morgan fingerprint density at radius 3 is 2.48 bits per heavy atom. The number of nitro groups is 1. The summed E-state index contributed by atoms with van der Waals surface area (Å²) >= 11 is 3.55. The molecule has 0 saturated heterocycles. The molecule has 4 nitrogen and oxygen atoms in total. The van der Waals surface area contributed by atoms with E-state index in [-0.39, 0.29) is 16.7 Å². The monoisotopic (exact) mass is 348 g/mol. The summed E-state index contributed by atoms with van der Waals surface area (Å²) in [6.45, 7) is 2.94. The highest BCUT2D eigenvalue weighted by Gasteiger charge is 2.08. The van der Waals surface area contributed by atoms with Gasteiger partial charge in [-0.25, -0.2) is 0 Å². The first-order valence-corrected chi connectivity index (χ1v) is 7.58. The van der Waals surface area contributed by atoms with Crippen molar-refractivity contribution in [3.63, 3.8) is 0 Å². The third kappa shape index (κ3) is 4.37. The van der Waals surface area contributed by atoms with Gasteiger partial charge in [-0.2, -0.15) is 0 Å². The normalized spacial score (nSPS) is 12.1. The lowest BCUT2D eigenvalue weighted by Gasteiger charge is -2.15. The van der Waals surface area contributed by atoms with Gasteiger partial charge in [-0.3, -0.25) is 10.1 Å². The maximum Gasteiger partial charge on any atom is 0.269 e. The summed E-state index contributed by atoms with van der Waals surface area (Å²) < 4.78 is 1.10. The Kier molecular flexibility index (Phi) is 5.47. The van der Waals surface area contributed by atoms with Crippen molar-refractivity contribution < 1.29 is 4.92 Å². The third-order valence-electron chi connectivity index (χ3n) is 3.38. The smallest absolute Gasteiger partial charge is 0.269 e. The van der Waals surface area contributed by atoms with E-state index in [4.69, 9.17) is 0 Å². The molecule has 21 heavy (non-hydrogen) atoms. The van der Waals surface area contributed by atoms with E-state index >= 15 is 0 Å². The quantitative estimate of drug-likeness (QED) is 0.627. The molecular formula is C16H17BrN2O2. The topological polar surface area (TPSA) is 55.2 Å². The lowest BCUT2D eigenvalue weighted by Crippen LogP contribution is -2.21. The van der Waals surface area contributed by atoms with Gasteiger partial charge in [-0.05, 0) is 37.1 Å². The van der Waals surface area contributed by atoms with Gasteiger partial charge in [0.1, 0.15) is 0 Å². The van der Waals surface area contributed by atoms with Crippen LogP contribution in [0.1, 0.15) is 24.1 Å². The van der Waals surface area contributed by atoms with Crippen molar-refractivity contribution in [2.24, 2.45) is 0 Å². The molecule has 0 saturated carbocycles. The molecule has 0 radical (unpaired) electrons. The Morgan fingerprint density at radius 2 is 1.86 bits per heavy atom. The van der Waals surface area contributed by atoms with Crippen molar-refractivity contribution in [3.05, 3.63) is 74.2 Å². The fraction of sp³-hybridized carbons (Fsp3) is 0.250. The SMILES string of the molecule is C[C@H](NCCc1ccc([N+](=O)[O-])cc1)c1ccccc1Br. The van der Waals surface area contributed by atoms with E-state index in [1.165, 1.54) is 5.56 Å². The van der Waals surface area contributed by atoms with Crippen LogP contribution in [0.4, 0.5) is 5.69 Å². The molecule has 0 spiro atoms. The van der Waals surface area contributed by atoms with Gasteiger partial charge in [0.15, 0.2) is 0 Å². The number of hydrogen-bond acceptors (Lipinski definition) is 3. The number of nitrogens with zero attached hydrogens (tertiary/aromatic N) is 1. The van der Waals surface area contributed by atoms with Gasteiger partial charge in [0.25, 0.3) is 5.69 Å². The Hall–Kier alpha value is -1.72. The summed E-state index contributed by atoms with van der Waals surface area (Å²) in [5.41, 5.74) is 2.45. The molecule has 5 heteroatoms. The fourth-order valence-corrected chi connectivity index (χ4v) is 2.78. The Balaban J connectivity index is 1.86. The van der Waals surface area contributed by atoms with Crippen LogP contribution in [0.5, 0.6) is 0 Å². The van der Waals surface area contributed by atoms with E-state index in [1.54, 1.807) is 12.1 Å². The maximum atomic E-state index is 10.6. The molecule has 0 unspecified atom stereocenters. The minimum absolute atomic E-state index is 0.133. The molecule has 2 rings (SSSR count). The second kappa shape index (κ2) is 7.33. The first-order chi connectivity index (χ1) is 10.1. The van der Waals surface area contributed by atoms with E-state index in [1.807, 2.05) is 30.3 Å². The predicted molar refractivity (Wildman–Crippen MR) is 87.4 cm³/mol. The van der Waals surface area contributed by atoms with Crippen LogP contribution >= 0.6 is 15.9 Å². The molecule has 0 bridgehead atoms. The second-order valence-electron chi connectivity index (χ2n) is 4.87. The van der Waals surface area contributed by atoms with Crippen molar-refractivity contribution in [1.82, 2.24) is 5.32 Å². The molecule has 2 aromatic rings. The molecule has 0 aliphatic rings. The molecule has 0 aliphatic carbocycles. The summed E-state index contributed by atoms with van der Waals surface area (Å²) in [6.07, 6.45) is 0.840. The first-order valence-electron chi connectivity index (χ1n) is 6.79. The molecule has 1 N–H and O–H groups in total. The van der Waals surface area contributed by atoms with E-state index in [0.29, 0.717) is 0 Å². The molecular weight excluding hydrogens is 332 g/mol. The largest absolute Gasteiger partial charge is 0.310 e. The highest BCUT2D eigenvalue weighted by molar-refractivity contribution is 9.10. The average molecular weight is 349 g/mol. The zero-order valence-corrected chi connectivity index (χ0v) is 13.3. The lowest BCUT2D eigenvalue weighted by molar-refractivity contribution is -0.384. The minimum atomic E-state index is -0.378. The van der Waals surface area contributed by atoms with E-state index < -0.39 is 0 Å². The van der Waals surface area contributed by atoms with Gasteiger partial charge in [0.2, 0.25) is 0 Å². The van der Waals surface area contributed by atoms with Crippen molar-refractivity contribution in [2.45, 2.75) is 19.4 Å². The third-order valence-corrected chi connectivity index (χ3v) is 4.11. The standard InChI is InChI=1S/C16H17BrN2O2/c1-12(15-4-2-3-5-16(15)17)18-11-10-13-6-8-14(9-7-13)19(20)21/h2-9,12,18H,10-11H2,1H3/t12-/m0/s1. The zero-order chi connectivity index (χ0) is 15.2. The van der Waals surface area contributed by atoms with Gasteiger partial charge in [0, 0.05) is 22.6 Å². The van der Waals surface area contributed by atoms with Crippen molar-refractivity contribution in [1.29, 1.82) is 0 Å². The molecule has 0 aliphatic heterocycles. The minimum Gasteiger partial charge on any atom is -0.310 e. The molecule has 2 aromatic carbocycles. The lowest BCUT2D eigenvalue weighted by atomic mass is 10.1. The zero-order valence-electron chi connectivity index (χ0n) is 11.8. The Labute approximate surface area is 132 Å². The summed E-state index contributed by atoms with van der Waals surface area (Å²) in [5, 5.41) is 14.1. The van der Waals surface area contributed by atoms with Gasteiger partial charge >= 0.3 is 0 Å². The average Bonchev–Trinajstić information content (AvgIpc) is 2.48. The molecule has 0 amide bonds. The van der Waals surface area contributed by atoms with Crippen LogP contribution < -0.4 is 5.32 Å². The van der Waals surface area contributed by atoms with Crippen LogP contribution in [-0.2, 0) is 6.42 Å². The molecule has 0 heterocycles. The van der Waals surface area contributed by atoms with Crippen LogP contribution in [0.25, 0.3) is 0 Å². The maximum absolute atomic E-state index is 10.6. The Morgan fingerprint density at radius 1 is 1.19 bits per heavy atom. The number of rotatable bonds is 6. The van der Waals surface area contributed by atoms with Gasteiger partial charge in [-0.15, -0.1) is 0 Å². The van der Waals surface area contributed by atoms with E-state index in [2.05, 4.69) is 34.2 Å². The van der Waals surface area contributed by atoms with Crippen LogP contribution in [0.2, 0.25) is 0 Å². The Bertz CT molecular complexity index is 614. The highest BCUT2D eigenvalue weighted by atomic mass is 79.9. The number of hydrogen-bond donors (Lipinski definition) is 1. The number of halogens is 1. The van der Waals surface area contributed by atoms with Crippen LogP contribution in [0.15, 0.2) is 53.0 Å². The summed E-state index contributed by atoms with van der Waals surface area (Å²) in [7, 11) is 0. The number of nitro benzene ring substituents is 1. The van der Waals surface area contributed by atoms with Crippen LogP contribution in [-0.4, -0.2) is 11.5 Å². The number of nitrogens with one attached hydrogen (secondary N) is 1. The summed E-state index contributed by atoms with van der Waals surface area (Å²) in [4.78, 5) is 10.2. The van der Waals surface area contributed by atoms with E-state index in [9.17, 15) is 10.1 Å². The molecule has 110 valence electrons. The molecule has 0 aromatic heterocycles. The van der Waals surface area contributed by atoms with Crippen molar-refractivity contribution in [2.75, 3.05) is 6.54 Å². The van der Waals surface area contributed by atoms with Crippen molar-refractivity contribution in [3.8, 4) is 0 Å². The van der Waals surface area contributed by atoms with Crippen molar-refractivity contribution >= 4 is 21.6 Å². The van der Waals surface area contributed by atoms with E-state index in [0.717, 1.165) is 23.0 Å². The number of non-ortho nitro benzene ring substituents is 1. The second-order valence-corrected chi connectivity index (χ2v) is 5.73. The van der Waals surface area contributed by atoms with Crippen LogP contribution in [0, 0.1) is 10.1 Å². The van der Waals surface area contributed by atoms with Crippen LogP contribution in [0.3, 0.4) is 0 Å². The highest BCUT2D eigenvalue weighted by Crippen LogP contribution is 2.22. The predicted octanol–water partition coefficient (Wildman–Crippen LogP) is 4.25.